The molecule has 0 bridgehead atoms. The Morgan fingerprint density at radius 2 is 1.89 bits per heavy atom. The molecule has 0 fully saturated rings. The summed E-state index contributed by atoms with van der Waals surface area (Å²) >= 11 is 5.62. The molecule has 0 saturated carbocycles. The number of benzene rings is 2. The van der Waals surface area contributed by atoms with Crippen LogP contribution in [-0.2, 0) is 9.59 Å². The average Bonchev–Trinajstić information content (AvgIpc) is 3.28. The third-order valence-corrected chi connectivity index (χ3v) is 6.35. The Balaban J connectivity index is 1.62. The fraction of sp³-hybridized carbons (Fsp3) is 0.222. The van der Waals surface area contributed by atoms with Crippen molar-refractivity contribution in [3.8, 4) is 0 Å². The Bertz CT molecular complexity index is 1370. The fourth-order valence-corrected chi connectivity index (χ4v) is 4.27. The Kier molecular flexibility index (Phi) is 6.80. The maximum atomic E-state index is 13.0. The van der Waals surface area contributed by atoms with Gasteiger partial charge in [0.1, 0.15) is 5.88 Å². The highest BCUT2D eigenvalue weighted by Gasteiger charge is 2.26. The molecule has 3 aromatic rings. The van der Waals surface area contributed by atoms with E-state index in [1.165, 1.54) is 0 Å². The largest absolute Gasteiger partial charge is 0.357 e. The lowest BCUT2D eigenvalue weighted by Gasteiger charge is -2.15. The summed E-state index contributed by atoms with van der Waals surface area (Å²) in [6.45, 7) is 7.63. The predicted octanol–water partition coefficient (Wildman–Crippen LogP) is 5.10. The van der Waals surface area contributed by atoms with Crippen LogP contribution in [-0.4, -0.2) is 28.6 Å². The number of aromatic nitrogens is 1. The van der Waals surface area contributed by atoms with E-state index in [4.69, 9.17) is 11.6 Å². The minimum absolute atomic E-state index is 0.149. The monoisotopic (exact) mass is 490 g/mol. The second kappa shape index (κ2) is 9.80. The zero-order valence-electron chi connectivity index (χ0n) is 20.0. The van der Waals surface area contributed by atoms with Gasteiger partial charge < -0.3 is 20.9 Å². The molecule has 7 nitrogen and oxygen atoms in total. The molecule has 1 aromatic heterocycles. The van der Waals surface area contributed by atoms with E-state index >= 15 is 0 Å². The van der Waals surface area contributed by atoms with Gasteiger partial charge in [-0.1, -0.05) is 29.8 Å². The lowest BCUT2D eigenvalue weighted by molar-refractivity contribution is -0.114. The van der Waals surface area contributed by atoms with Crippen LogP contribution in [0, 0.1) is 20.8 Å². The Labute approximate surface area is 209 Å². The van der Waals surface area contributed by atoms with Gasteiger partial charge in [0.05, 0.1) is 17.3 Å². The highest BCUT2D eigenvalue weighted by atomic mass is 35.5. The van der Waals surface area contributed by atoms with E-state index in [-0.39, 0.29) is 29.6 Å². The summed E-state index contributed by atoms with van der Waals surface area (Å²) in [7, 11) is 0. The SMILES string of the molecule is Cc1cccc(C(C)NC(=O)c2ccc3c(c2)/C(=C/c2[nH]c(C)c(NC(=O)CCl)c2C)C(=O)N3)c1. The minimum Gasteiger partial charge on any atom is -0.357 e. The number of amides is 3. The van der Waals surface area contributed by atoms with Crippen molar-refractivity contribution in [3.63, 3.8) is 0 Å². The number of carbonyl (C=O) groups excluding carboxylic acids is 3. The number of hydrogen-bond donors (Lipinski definition) is 4. The van der Waals surface area contributed by atoms with Gasteiger partial charge in [0.25, 0.3) is 11.8 Å². The van der Waals surface area contributed by atoms with Crippen molar-refractivity contribution in [1.29, 1.82) is 0 Å². The molecule has 1 atom stereocenters. The van der Waals surface area contributed by atoms with Crippen molar-refractivity contribution >= 4 is 52.3 Å². The van der Waals surface area contributed by atoms with Crippen molar-refractivity contribution < 1.29 is 14.4 Å². The number of carbonyl (C=O) groups is 3. The van der Waals surface area contributed by atoms with E-state index < -0.39 is 0 Å². The summed E-state index contributed by atoms with van der Waals surface area (Å²) in [4.78, 5) is 40.7. The van der Waals surface area contributed by atoms with Crippen LogP contribution in [0.4, 0.5) is 11.4 Å². The average molecular weight is 491 g/mol. The quantitative estimate of drug-likeness (QED) is 0.285. The van der Waals surface area contributed by atoms with Crippen LogP contribution in [0.15, 0.2) is 42.5 Å². The van der Waals surface area contributed by atoms with Crippen molar-refractivity contribution in [2.45, 2.75) is 33.7 Å². The lowest BCUT2D eigenvalue weighted by Crippen LogP contribution is -2.26. The van der Waals surface area contributed by atoms with E-state index in [1.807, 2.05) is 52.0 Å². The number of anilines is 2. The van der Waals surface area contributed by atoms with E-state index in [1.54, 1.807) is 24.3 Å². The molecule has 8 heteroatoms. The zero-order chi connectivity index (χ0) is 25.3. The standard InChI is InChI=1S/C27H27ClN4O3/c1-14-6-5-7-18(10-14)16(3)30-26(34)19-8-9-22-20(11-19)21(27(35)31-22)12-23-15(2)25(17(4)29-23)32-24(33)13-28/h5-12,16,29H,13H2,1-4H3,(H,30,34)(H,31,35)(H,32,33)/b21-12-. The summed E-state index contributed by atoms with van der Waals surface area (Å²) < 4.78 is 0. The summed E-state index contributed by atoms with van der Waals surface area (Å²) in [5.74, 6) is -0.943. The number of aromatic amines is 1. The van der Waals surface area contributed by atoms with Gasteiger partial charge in [-0.3, -0.25) is 14.4 Å². The van der Waals surface area contributed by atoms with Gasteiger partial charge in [0, 0.05) is 28.2 Å². The molecule has 180 valence electrons. The molecule has 0 saturated heterocycles. The normalized spacial score (nSPS) is 14.4. The van der Waals surface area contributed by atoms with Crippen molar-refractivity contribution in [2.24, 2.45) is 0 Å². The van der Waals surface area contributed by atoms with Gasteiger partial charge in [0.2, 0.25) is 5.91 Å². The van der Waals surface area contributed by atoms with E-state index in [9.17, 15) is 14.4 Å². The van der Waals surface area contributed by atoms with Gasteiger partial charge in [-0.2, -0.15) is 0 Å². The summed E-state index contributed by atoms with van der Waals surface area (Å²) in [5, 5.41) is 8.66. The molecule has 3 amide bonds. The molecule has 35 heavy (non-hydrogen) atoms. The van der Waals surface area contributed by atoms with Crippen LogP contribution in [0.25, 0.3) is 11.6 Å². The van der Waals surface area contributed by atoms with Crippen molar-refractivity contribution in [3.05, 3.63) is 81.7 Å². The number of rotatable bonds is 6. The van der Waals surface area contributed by atoms with Crippen LogP contribution in [0.2, 0.25) is 0 Å². The van der Waals surface area contributed by atoms with Gasteiger partial charge in [0.15, 0.2) is 0 Å². The molecule has 1 aliphatic heterocycles. The van der Waals surface area contributed by atoms with Crippen molar-refractivity contribution in [2.75, 3.05) is 16.5 Å². The Hall–Kier alpha value is -3.84. The van der Waals surface area contributed by atoms with E-state index in [0.29, 0.717) is 33.8 Å². The van der Waals surface area contributed by atoms with Gasteiger partial charge in [-0.25, -0.2) is 0 Å². The molecule has 2 aromatic carbocycles. The van der Waals surface area contributed by atoms with Crippen LogP contribution in [0.1, 0.15) is 57.0 Å². The number of fused-ring (bicyclic) bond motifs is 1. The number of alkyl halides is 1. The first kappa shape index (κ1) is 24.3. The molecule has 4 rings (SSSR count). The minimum atomic E-state index is -0.310. The molecule has 1 aliphatic rings. The first-order chi connectivity index (χ1) is 16.7. The lowest BCUT2D eigenvalue weighted by atomic mass is 10.0. The summed E-state index contributed by atoms with van der Waals surface area (Å²) in [5.41, 5.74) is 7.19. The zero-order valence-corrected chi connectivity index (χ0v) is 20.8. The highest BCUT2D eigenvalue weighted by molar-refractivity contribution is 6.35. The number of nitrogens with one attached hydrogen (secondary N) is 4. The van der Waals surface area contributed by atoms with Crippen LogP contribution in [0.3, 0.4) is 0 Å². The van der Waals surface area contributed by atoms with Gasteiger partial charge in [-0.05, 0) is 63.1 Å². The number of aryl methyl sites for hydroxylation is 2. The predicted molar refractivity (Wildman–Crippen MR) is 140 cm³/mol. The number of H-pyrrole nitrogens is 1. The molecule has 0 radical (unpaired) electrons. The number of hydrogen-bond acceptors (Lipinski definition) is 3. The molecular formula is C27H27ClN4O3. The summed E-state index contributed by atoms with van der Waals surface area (Å²) in [6, 6.07) is 13.0. The molecule has 4 N–H and O–H groups in total. The first-order valence-electron chi connectivity index (χ1n) is 11.3. The smallest absolute Gasteiger partial charge is 0.256 e. The van der Waals surface area contributed by atoms with E-state index in [0.717, 1.165) is 22.4 Å². The maximum Gasteiger partial charge on any atom is 0.256 e. The molecule has 2 heterocycles. The van der Waals surface area contributed by atoms with Crippen LogP contribution in [0.5, 0.6) is 0 Å². The molecule has 0 aliphatic carbocycles. The third-order valence-electron chi connectivity index (χ3n) is 6.11. The summed E-state index contributed by atoms with van der Waals surface area (Å²) in [6.07, 6.45) is 1.73. The van der Waals surface area contributed by atoms with E-state index in [2.05, 4.69) is 20.9 Å². The van der Waals surface area contributed by atoms with Gasteiger partial charge >= 0.3 is 0 Å². The van der Waals surface area contributed by atoms with Crippen molar-refractivity contribution in [1.82, 2.24) is 10.3 Å². The third kappa shape index (κ3) is 5.00. The Morgan fingerprint density at radius 3 is 2.60 bits per heavy atom. The molecular weight excluding hydrogens is 464 g/mol. The first-order valence-corrected chi connectivity index (χ1v) is 11.8. The highest BCUT2D eigenvalue weighted by Crippen LogP contribution is 2.35. The second-order valence-electron chi connectivity index (χ2n) is 8.73. The Morgan fingerprint density at radius 1 is 1.11 bits per heavy atom. The molecule has 1 unspecified atom stereocenters. The molecule has 0 spiro atoms. The number of halogens is 1. The fourth-order valence-electron chi connectivity index (χ4n) is 4.20. The second-order valence-corrected chi connectivity index (χ2v) is 8.99. The van der Waals surface area contributed by atoms with Crippen LogP contribution < -0.4 is 16.0 Å². The maximum absolute atomic E-state index is 13.0. The van der Waals surface area contributed by atoms with Crippen LogP contribution >= 0.6 is 11.6 Å². The topological polar surface area (TPSA) is 103 Å². The van der Waals surface area contributed by atoms with Gasteiger partial charge in [-0.15, -0.1) is 11.6 Å².